The Kier molecular flexibility index (Phi) is 6.67. The molecular weight excluding hydrogens is 424 g/mol. The van der Waals surface area contributed by atoms with Crippen LogP contribution in [0.15, 0.2) is 32.8 Å². The average Bonchev–Trinajstić information content (AvgIpc) is 2.69. The molecule has 0 saturated carbocycles. The predicted molar refractivity (Wildman–Crippen MR) is 121 cm³/mol. The van der Waals surface area contributed by atoms with Gasteiger partial charge in [0, 0.05) is 25.0 Å². The van der Waals surface area contributed by atoms with Crippen LogP contribution in [0.2, 0.25) is 5.02 Å². The molecule has 0 spiro atoms. The van der Waals surface area contributed by atoms with Gasteiger partial charge < -0.3 is 15.4 Å². The van der Waals surface area contributed by atoms with Crippen molar-refractivity contribution in [3.8, 4) is 0 Å². The SMILES string of the molecule is CCOC(=O)c1cccc(Sc2c(N)nc(N3CCC(C)(C)CC3)n(C)c2=O)c1Cl. The zero-order chi connectivity index (χ0) is 22.1. The molecule has 1 aromatic heterocycles. The molecule has 1 saturated heterocycles. The summed E-state index contributed by atoms with van der Waals surface area (Å²) in [6, 6.07) is 5.01. The first-order valence-electron chi connectivity index (χ1n) is 9.89. The fraction of sp³-hybridized carbons (Fsp3) is 0.476. The first-order chi connectivity index (χ1) is 14.1. The molecule has 1 aromatic carbocycles. The van der Waals surface area contributed by atoms with E-state index >= 15 is 0 Å². The summed E-state index contributed by atoms with van der Waals surface area (Å²) in [7, 11) is 1.70. The topological polar surface area (TPSA) is 90.4 Å². The smallest absolute Gasteiger partial charge is 0.339 e. The number of piperidine rings is 1. The number of nitrogen functional groups attached to an aromatic ring is 1. The minimum atomic E-state index is -0.507. The molecule has 1 aliphatic rings. The van der Waals surface area contributed by atoms with Crippen LogP contribution in [0, 0.1) is 5.41 Å². The molecule has 7 nitrogen and oxygen atoms in total. The van der Waals surface area contributed by atoms with E-state index in [1.807, 2.05) is 0 Å². The van der Waals surface area contributed by atoms with Crippen LogP contribution in [-0.2, 0) is 11.8 Å². The lowest BCUT2D eigenvalue weighted by Crippen LogP contribution is -2.41. The number of halogens is 1. The number of rotatable bonds is 5. The third-order valence-corrected chi connectivity index (χ3v) is 6.99. The fourth-order valence-corrected chi connectivity index (χ4v) is 4.60. The van der Waals surface area contributed by atoms with Crippen molar-refractivity contribution < 1.29 is 9.53 Å². The van der Waals surface area contributed by atoms with Crippen molar-refractivity contribution in [1.82, 2.24) is 9.55 Å². The Morgan fingerprint density at radius 2 is 2.00 bits per heavy atom. The zero-order valence-corrected chi connectivity index (χ0v) is 19.3. The van der Waals surface area contributed by atoms with Crippen molar-refractivity contribution in [3.05, 3.63) is 39.1 Å². The van der Waals surface area contributed by atoms with Crippen molar-refractivity contribution in [2.75, 3.05) is 30.3 Å². The van der Waals surface area contributed by atoms with Crippen molar-refractivity contribution >= 4 is 41.1 Å². The number of anilines is 2. The summed E-state index contributed by atoms with van der Waals surface area (Å²) in [6.07, 6.45) is 2.05. The van der Waals surface area contributed by atoms with Gasteiger partial charge in [0.15, 0.2) is 0 Å². The van der Waals surface area contributed by atoms with E-state index in [1.54, 1.807) is 32.2 Å². The standard InChI is InChI=1S/C21H27ClN4O3S/c1-5-29-19(28)13-7-6-8-14(15(13)22)30-16-17(23)24-20(25(4)18(16)27)26-11-9-21(2,3)10-12-26/h6-8H,5,9-12,23H2,1-4H3. The van der Waals surface area contributed by atoms with E-state index in [0.717, 1.165) is 37.7 Å². The Morgan fingerprint density at radius 1 is 1.33 bits per heavy atom. The molecule has 0 amide bonds. The first kappa shape index (κ1) is 22.5. The molecule has 30 heavy (non-hydrogen) atoms. The molecule has 0 aliphatic carbocycles. The fourth-order valence-electron chi connectivity index (χ4n) is 3.34. The third-order valence-electron chi connectivity index (χ3n) is 5.32. The lowest BCUT2D eigenvalue weighted by atomic mass is 9.83. The quantitative estimate of drug-likeness (QED) is 0.689. The highest BCUT2D eigenvalue weighted by atomic mass is 35.5. The number of benzene rings is 1. The molecule has 2 aromatic rings. The van der Waals surface area contributed by atoms with Crippen LogP contribution in [0.4, 0.5) is 11.8 Å². The van der Waals surface area contributed by atoms with Gasteiger partial charge in [-0.25, -0.2) is 4.79 Å². The minimum absolute atomic E-state index is 0.153. The second-order valence-corrected chi connectivity index (χ2v) is 9.51. The van der Waals surface area contributed by atoms with E-state index in [9.17, 15) is 9.59 Å². The summed E-state index contributed by atoms with van der Waals surface area (Å²) < 4.78 is 6.56. The van der Waals surface area contributed by atoms with Crippen molar-refractivity contribution in [3.63, 3.8) is 0 Å². The van der Waals surface area contributed by atoms with E-state index < -0.39 is 5.97 Å². The number of nitrogens with two attached hydrogens (primary N) is 1. The van der Waals surface area contributed by atoms with Gasteiger partial charge in [0.2, 0.25) is 5.95 Å². The van der Waals surface area contributed by atoms with Crippen LogP contribution in [0.25, 0.3) is 0 Å². The molecule has 162 valence electrons. The maximum absolute atomic E-state index is 13.1. The molecule has 0 unspecified atom stereocenters. The maximum Gasteiger partial charge on any atom is 0.339 e. The molecule has 2 heterocycles. The van der Waals surface area contributed by atoms with Gasteiger partial charge in [-0.2, -0.15) is 4.98 Å². The summed E-state index contributed by atoms with van der Waals surface area (Å²) in [4.78, 5) is 32.6. The highest BCUT2D eigenvalue weighted by Gasteiger charge is 2.28. The van der Waals surface area contributed by atoms with Crippen LogP contribution in [0.3, 0.4) is 0 Å². The first-order valence-corrected chi connectivity index (χ1v) is 11.1. The Bertz CT molecular complexity index is 1010. The summed E-state index contributed by atoms with van der Waals surface area (Å²) in [5.74, 6) is 0.219. The molecule has 9 heteroatoms. The Labute approximate surface area is 185 Å². The monoisotopic (exact) mass is 450 g/mol. The van der Waals surface area contributed by atoms with Gasteiger partial charge in [0.25, 0.3) is 5.56 Å². The minimum Gasteiger partial charge on any atom is -0.462 e. The molecule has 0 bridgehead atoms. The Hall–Kier alpha value is -2.19. The van der Waals surface area contributed by atoms with Crippen LogP contribution in [0.1, 0.15) is 44.0 Å². The number of aromatic nitrogens is 2. The summed E-state index contributed by atoms with van der Waals surface area (Å²) >= 11 is 7.52. The lowest BCUT2D eigenvalue weighted by Gasteiger charge is -2.37. The van der Waals surface area contributed by atoms with Gasteiger partial charge in [0.05, 0.1) is 17.2 Å². The Morgan fingerprint density at radius 3 is 2.63 bits per heavy atom. The van der Waals surface area contributed by atoms with Crippen LogP contribution < -0.4 is 16.2 Å². The van der Waals surface area contributed by atoms with Crippen molar-refractivity contribution in [1.29, 1.82) is 0 Å². The maximum atomic E-state index is 13.1. The van der Waals surface area contributed by atoms with Gasteiger partial charge in [-0.15, -0.1) is 0 Å². The van der Waals surface area contributed by atoms with E-state index in [1.165, 1.54) is 4.57 Å². The van der Waals surface area contributed by atoms with Crippen LogP contribution >= 0.6 is 23.4 Å². The van der Waals surface area contributed by atoms with E-state index in [0.29, 0.717) is 10.8 Å². The molecule has 2 N–H and O–H groups in total. The number of hydrogen-bond acceptors (Lipinski definition) is 7. The predicted octanol–water partition coefficient (Wildman–Crippen LogP) is 3.97. The number of carbonyl (C=O) groups excluding carboxylic acids is 1. The van der Waals surface area contributed by atoms with Gasteiger partial charge in [-0.3, -0.25) is 9.36 Å². The van der Waals surface area contributed by atoms with Crippen molar-refractivity contribution in [2.45, 2.75) is 43.4 Å². The second-order valence-electron chi connectivity index (χ2n) is 8.08. The molecule has 1 fully saturated rings. The molecular formula is C21H27ClN4O3S. The van der Waals surface area contributed by atoms with Gasteiger partial charge in [-0.1, -0.05) is 43.3 Å². The summed E-state index contributed by atoms with van der Waals surface area (Å²) in [6.45, 7) is 8.13. The summed E-state index contributed by atoms with van der Waals surface area (Å²) in [5.41, 5.74) is 6.48. The number of ether oxygens (including phenoxy) is 1. The van der Waals surface area contributed by atoms with Gasteiger partial charge in [0.1, 0.15) is 10.7 Å². The second kappa shape index (κ2) is 8.89. The van der Waals surface area contributed by atoms with Crippen LogP contribution in [0.5, 0.6) is 0 Å². The number of hydrogen-bond donors (Lipinski definition) is 1. The van der Waals surface area contributed by atoms with Crippen molar-refractivity contribution in [2.24, 2.45) is 12.5 Å². The zero-order valence-electron chi connectivity index (χ0n) is 17.7. The molecule has 0 atom stereocenters. The lowest BCUT2D eigenvalue weighted by molar-refractivity contribution is 0.0526. The van der Waals surface area contributed by atoms with Gasteiger partial charge >= 0.3 is 5.97 Å². The third kappa shape index (κ3) is 4.59. The highest BCUT2D eigenvalue weighted by Crippen LogP contribution is 2.37. The van der Waals surface area contributed by atoms with E-state index in [2.05, 4.69) is 23.7 Å². The summed E-state index contributed by atoms with van der Waals surface area (Å²) in [5, 5.41) is 0.227. The number of esters is 1. The molecule has 1 aliphatic heterocycles. The number of carbonyl (C=O) groups is 1. The number of nitrogens with zero attached hydrogens (tertiary/aromatic N) is 3. The molecule has 0 radical (unpaired) electrons. The Balaban J connectivity index is 1.92. The average molecular weight is 451 g/mol. The van der Waals surface area contributed by atoms with E-state index in [-0.39, 0.29) is 38.9 Å². The van der Waals surface area contributed by atoms with E-state index in [4.69, 9.17) is 22.1 Å². The normalized spacial score (nSPS) is 15.8. The van der Waals surface area contributed by atoms with Gasteiger partial charge in [-0.05, 0) is 37.3 Å². The largest absolute Gasteiger partial charge is 0.462 e. The molecule has 3 rings (SSSR count). The highest BCUT2D eigenvalue weighted by molar-refractivity contribution is 7.99. The van der Waals surface area contributed by atoms with Crippen LogP contribution in [-0.4, -0.2) is 35.2 Å².